The van der Waals surface area contributed by atoms with Gasteiger partial charge in [-0.05, 0) is 53.9 Å². The van der Waals surface area contributed by atoms with E-state index in [0.29, 0.717) is 46.6 Å². The van der Waals surface area contributed by atoms with Crippen molar-refractivity contribution in [1.29, 1.82) is 0 Å². The zero-order valence-corrected chi connectivity index (χ0v) is 24.8. The van der Waals surface area contributed by atoms with Crippen LogP contribution in [0.25, 0.3) is 10.9 Å². The quantitative estimate of drug-likeness (QED) is 0.209. The molecule has 0 aliphatic rings. The SMILES string of the molecule is COCCN(CC(=O)N(CCc1c[nH]c2ccccc12)Cc1ccc(OC)c(OC)c1)C(=O)c1cc(Cl)cc(Cl)c1. The Kier molecular flexibility index (Phi) is 10.5. The van der Waals surface area contributed by atoms with Crippen molar-refractivity contribution in [3.05, 3.63) is 93.6 Å². The number of H-pyrrole nitrogens is 1. The molecule has 0 unspecified atom stereocenters. The Balaban J connectivity index is 1.59. The molecule has 0 saturated carbocycles. The van der Waals surface area contributed by atoms with E-state index in [2.05, 4.69) is 11.1 Å². The topological polar surface area (TPSA) is 84.1 Å². The number of aromatic amines is 1. The molecular weight excluding hydrogens is 565 g/mol. The minimum atomic E-state index is -0.359. The van der Waals surface area contributed by atoms with Gasteiger partial charge in [-0.1, -0.05) is 47.5 Å². The van der Waals surface area contributed by atoms with Crippen LogP contribution in [0.2, 0.25) is 10.0 Å². The van der Waals surface area contributed by atoms with Gasteiger partial charge < -0.3 is 29.0 Å². The highest BCUT2D eigenvalue weighted by Gasteiger charge is 2.24. The summed E-state index contributed by atoms with van der Waals surface area (Å²) < 4.78 is 16.1. The predicted molar refractivity (Wildman–Crippen MR) is 161 cm³/mol. The third-order valence-corrected chi connectivity index (χ3v) is 7.22. The third kappa shape index (κ3) is 7.73. The van der Waals surface area contributed by atoms with E-state index in [1.54, 1.807) is 44.4 Å². The Morgan fingerprint density at radius 2 is 1.59 bits per heavy atom. The molecule has 1 heterocycles. The lowest BCUT2D eigenvalue weighted by Gasteiger charge is -2.28. The monoisotopic (exact) mass is 597 g/mol. The fourth-order valence-corrected chi connectivity index (χ4v) is 5.19. The number of methoxy groups -OCH3 is 3. The van der Waals surface area contributed by atoms with E-state index in [0.717, 1.165) is 22.0 Å². The van der Waals surface area contributed by atoms with E-state index >= 15 is 0 Å². The molecule has 10 heteroatoms. The molecule has 0 aliphatic heterocycles. The Bertz CT molecular complexity index is 1490. The van der Waals surface area contributed by atoms with Crippen LogP contribution in [0.1, 0.15) is 21.5 Å². The third-order valence-electron chi connectivity index (χ3n) is 6.79. The van der Waals surface area contributed by atoms with E-state index in [-0.39, 0.29) is 31.5 Å². The number of aromatic nitrogens is 1. The fraction of sp³-hybridized carbons (Fsp3) is 0.290. The summed E-state index contributed by atoms with van der Waals surface area (Å²) in [5, 5.41) is 1.79. The summed E-state index contributed by atoms with van der Waals surface area (Å²) in [6.45, 7) is 1.09. The number of rotatable bonds is 13. The van der Waals surface area contributed by atoms with Crippen LogP contribution in [0.5, 0.6) is 11.5 Å². The molecule has 0 radical (unpaired) electrons. The molecule has 41 heavy (non-hydrogen) atoms. The van der Waals surface area contributed by atoms with Crippen molar-refractivity contribution < 1.29 is 23.8 Å². The second-order valence-corrected chi connectivity index (χ2v) is 10.4. The lowest BCUT2D eigenvalue weighted by atomic mass is 10.1. The van der Waals surface area contributed by atoms with Gasteiger partial charge in [-0.3, -0.25) is 9.59 Å². The van der Waals surface area contributed by atoms with Gasteiger partial charge in [-0.15, -0.1) is 0 Å². The van der Waals surface area contributed by atoms with E-state index in [1.807, 2.05) is 42.6 Å². The second kappa shape index (κ2) is 14.3. The Hall–Kier alpha value is -3.72. The van der Waals surface area contributed by atoms with Crippen molar-refractivity contribution in [2.75, 3.05) is 47.6 Å². The lowest BCUT2D eigenvalue weighted by Crippen LogP contribution is -2.44. The Labute approximate surface area is 249 Å². The molecule has 0 bridgehead atoms. The molecular formula is C31H33Cl2N3O5. The molecule has 1 N–H and O–H groups in total. The van der Waals surface area contributed by atoms with Gasteiger partial charge in [0.1, 0.15) is 6.54 Å². The zero-order valence-electron chi connectivity index (χ0n) is 23.3. The molecule has 1 aromatic heterocycles. The molecule has 2 amide bonds. The maximum absolute atomic E-state index is 13.9. The molecule has 216 valence electrons. The number of ether oxygens (including phenoxy) is 3. The van der Waals surface area contributed by atoms with Crippen LogP contribution in [0, 0.1) is 0 Å². The Morgan fingerprint density at radius 3 is 2.29 bits per heavy atom. The average Bonchev–Trinajstić information content (AvgIpc) is 3.39. The highest BCUT2D eigenvalue weighted by molar-refractivity contribution is 6.35. The van der Waals surface area contributed by atoms with Crippen molar-refractivity contribution in [2.45, 2.75) is 13.0 Å². The summed E-state index contributed by atoms with van der Waals surface area (Å²) in [6.07, 6.45) is 2.60. The number of carbonyl (C=O) groups excluding carboxylic acids is 2. The first-order valence-corrected chi connectivity index (χ1v) is 13.9. The van der Waals surface area contributed by atoms with Crippen LogP contribution in [0.15, 0.2) is 66.9 Å². The highest BCUT2D eigenvalue weighted by Crippen LogP contribution is 2.28. The lowest BCUT2D eigenvalue weighted by molar-refractivity contribution is -0.132. The van der Waals surface area contributed by atoms with Gasteiger partial charge in [0.25, 0.3) is 5.91 Å². The van der Waals surface area contributed by atoms with Gasteiger partial charge in [0.15, 0.2) is 11.5 Å². The largest absolute Gasteiger partial charge is 0.493 e. The number of nitrogens with zero attached hydrogens (tertiary/aromatic N) is 2. The van der Waals surface area contributed by atoms with E-state index < -0.39 is 0 Å². The number of hydrogen-bond donors (Lipinski definition) is 1. The number of para-hydroxylation sites is 1. The Morgan fingerprint density at radius 1 is 0.854 bits per heavy atom. The molecule has 0 aliphatic carbocycles. The van der Waals surface area contributed by atoms with Gasteiger partial charge in [-0.2, -0.15) is 0 Å². The molecule has 0 saturated heterocycles. The number of carbonyl (C=O) groups is 2. The van der Waals surface area contributed by atoms with E-state index in [1.165, 1.54) is 4.90 Å². The molecule has 4 aromatic rings. The van der Waals surface area contributed by atoms with Crippen molar-refractivity contribution in [2.24, 2.45) is 0 Å². The molecule has 0 fully saturated rings. The van der Waals surface area contributed by atoms with Crippen LogP contribution in [-0.2, 0) is 22.5 Å². The second-order valence-electron chi connectivity index (χ2n) is 9.49. The number of halogens is 2. The van der Waals surface area contributed by atoms with E-state index in [9.17, 15) is 9.59 Å². The number of fused-ring (bicyclic) bond motifs is 1. The van der Waals surface area contributed by atoms with Crippen molar-refractivity contribution in [3.8, 4) is 11.5 Å². The highest BCUT2D eigenvalue weighted by atomic mass is 35.5. The van der Waals surface area contributed by atoms with Crippen molar-refractivity contribution >= 4 is 45.9 Å². The molecule has 4 rings (SSSR count). The zero-order chi connectivity index (χ0) is 29.4. The van der Waals surface area contributed by atoms with Crippen molar-refractivity contribution in [3.63, 3.8) is 0 Å². The molecule has 0 atom stereocenters. The van der Waals surface area contributed by atoms with E-state index in [4.69, 9.17) is 37.4 Å². The summed E-state index contributed by atoms with van der Waals surface area (Å²) >= 11 is 12.3. The first kappa shape index (κ1) is 30.2. The minimum Gasteiger partial charge on any atom is -0.493 e. The summed E-state index contributed by atoms with van der Waals surface area (Å²) in [6, 6.07) is 18.3. The fourth-order valence-electron chi connectivity index (χ4n) is 4.66. The standard InChI is InChI=1S/C31H33Cl2N3O5/c1-39-13-12-36(31(38)23-15-24(32)17-25(33)16-23)20-30(37)35(19-21-8-9-28(40-2)29(14-21)41-3)11-10-22-18-34-27-7-5-4-6-26(22)27/h4-9,14-18,34H,10-13,19-20H2,1-3H3. The van der Waals surface area contributed by atoms with Crippen LogP contribution >= 0.6 is 23.2 Å². The van der Waals surface area contributed by atoms with Crippen LogP contribution in [0.4, 0.5) is 0 Å². The van der Waals surface area contributed by atoms with Gasteiger partial charge in [0, 0.05) is 59.5 Å². The molecule has 8 nitrogen and oxygen atoms in total. The number of nitrogens with one attached hydrogen (secondary N) is 1. The normalized spacial score (nSPS) is 11.0. The van der Waals surface area contributed by atoms with Crippen LogP contribution < -0.4 is 9.47 Å². The first-order valence-electron chi connectivity index (χ1n) is 13.1. The maximum Gasteiger partial charge on any atom is 0.254 e. The number of amides is 2. The summed E-state index contributed by atoms with van der Waals surface area (Å²) in [7, 11) is 4.70. The summed E-state index contributed by atoms with van der Waals surface area (Å²) in [4.78, 5) is 33.8. The summed E-state index contributed by atoms with van der Waals surface area (Å²) in [5.41, 5.74) is 3.31. The van der Waals surface area contributed by atoms with Gasteiger partial charge in [0.2, 0.25) is 5.91 Å². The van der Waals surface area contributed by atoms with Gasteiger partial charge in [0.05, 0.1) is 20.8 Å². The first-order chi connectivity index (χ1) is 19.8. The summed E-state index contributed by atoms with van der Waals surface area (Å²) in [5.74, 6) is 0.605. The molecule has 3 aromatic carbocycles. The van der Waals surface area contributed by atoms with Crippen LogP contribution in [-0.4, -0.2) is 74.2 Å². The van der Waals surface area contributed by atoms with Gasteiger partial charge in [-0.25, -0.2) is 0 Å². The van der Waals surface area contributed by atoms with Crippen molar-refractivity contribution in [1.82, 2.24) is 14.8 Å². The molecule has 0 spiro atoms. The van der Waals surface area contributed by atoms with Crippen LogP contribution in [0.3, 0.4) is 0 Å². The smallest absolute Gasteiger partial charge is 0.254 e. The number of benzene rings is 3. The minimum absolute atomic E-state index is 0.145. The van der Waals surface area contributed by atoms with Gasteiger partial charge >= 0.3 is 0 Å². The maximum atomic E-state index is 13.9. The average molecular weight is 599 g/mol. The predicted octanol–water partition coefficient (Wildman–Crippen LogP) is 5.85. The number of hydrogen-bond acceptors (Lipinski definition) is 5.